The summed E-state index contributed by atoms with van der Waals surface area (Å²) in [6.07, 6.45) is 1.46. The maximum absolute atomic E-state index is 13.0. The van der Waals surface area contributed by atoms with Gasteiger partial charge in [0.15, 0.2) is 0 Å². The molecule has 3 heterocycles. The molecule has 1 aromatic rings. The minimum atomic E-state index is -0.942. The van der Waals surface area contributed by atoms with Crippen molar-refractivity contribution >= 4 is 35.2 Å². The molecule has 0 aromatic carbocycles. The van der Waals surface area contributed by atoms with Crippen LogP contribution in [-0.2, 0) is 20.9 Å². The molecule has 1 N–H and O–H groups in total. The molecule has 0 aliphatic carbocycles. The molecule has 28 heavy (non-hydrogen) atoms. The minimum Gasteiger partial charge on any atom is -0.481 e. The van der Waals surface area contributed by atoms with Crippen LogP contribution < -0.4 is 0 Å². The van der Waals surface area contributed by atoms with Gasteiger partial charge in [0, 0.05) is 30.8 Å². The Balaban J connectivity index is 1.80. The van der Waals surface area contributed by atoms with Gasteiger partial charge in [-0.2, -0.15) is 0 Å². The zero-order valence-electron chi connectivity index (χ0n) is 15.9. The quantitative estimate of drug-likeness (QED) is 0.712. The highest BCUT2D eigenvalue weighted by Crippen LogP contribution is 2.32. The lowest BCUT2D eigenvalue weighted by atomic mass is 10.0. The molecule has 0 radical (unpaired) electrons. The van der Waals surface area contributed by atoms with E-state index in [0.717, 1.165) is 4.88 Å². The Morgan fingerprint density at radius 2 is 2.07 bits per heavy atom. The molecular weight excluding hydrogens is 382 g/mol. The lowest BCUT2D eigenvalue weighted by Crippen LogP contribution is -2.65. The van der Waals surface area contributed by atoms with E-state index in [2.05, 4.69) is 0 Å². The summed E-state index contributed by atoms with van der Waals surface area (Å²) in [5.41, 5.74) is 0. The number of hydrogen-bond donors (Lipinski definition) is 1. The van der Waals surface area contributed by atoms with Gasteiger partial charge in [-0.15, -0.1) is 11.3 Å². The van der Waals surface area contributed by atoms with Crippen LogP contribution in [0.15, 0.2) is 17.5 Å². The van der Waals surface area contributed by atoms with Crippen molar-refractivity contribution in [3.8, 4) is 0 Å². The Bertz CT molecular complexity index is 751. The van der Waals surface area contributed by atoms with Crippen molar-refractivity contribution < 1.29 is 24.3 Å². The Kier molecular flexibility index (Phi) is 6.33. The van der Waals surface area contributed by atoms with Crippen molar-refractivity contribution in [3.63, 3.8) is 0 Å². The number of thiophene rings is 1. The number of carboxylic acid groups (broad SMARTS) is 1. The smallest absolute Gasteiger partial charge is 0.327 e. The first-order valence-corrected chi connectivity index (χ1v) is 10.5. The fraction of sp³-hybridized carbons (Fsp3) is 0.579. The molecule has 1 aromatic heterocycles. The van der Waals surface area contributed by atoms with Crippen LogP contribution in [0.3, 0.4) is 0 Å². The first-order valence-electron chi connectivity index (χ1n) is 9.59. The summed E-state index contributed by atoms with van der Waals surface area (Å²) < 4.78 is 0. The molecule has 2 aliphatic rings. The van der Waals surface area contributed by atoms with Crippen molar-refractivity contribution in [2.45, 2.75) is 57.7 Å². The highest BCUT2D eigenvalue weighted by atomic mass is 32.1. The van der Waals surface area contributed by atoms with E-state index in [4.69, 9.17) is 5.11 Å². The highest BCUT2D eigenvalue weighted by Gasteiger charge is 2.52. The van der Waals surface area contributed by atoms with Gasteiger partial charge in [0.2, 0.25) is 5.91 Å². The lowest BCUT2D eigenvalue weighted by molar-refractivity contribution is -0.146. The lowest BCUT2D eigenvalue weighted by Gasteiger charge is -2.43. The van der Waals surface area contributed by atoms with E-state index in [0.29, 0.717) is 32.5 Å². The second-order valence-corrected chi connectivity index (χ2v) is 8.15. The maximum atomic E-state index is 13.0. The molecule has 2 unspecified atom stereocenters. The fourth-order valence-electron chi connectivity index (χ4n) is 3.95. The largest absolute Gasteiger partial charge is 0.481 e. The summed E-state index contributed by atoms with van der Waals surface area (Å²) in [6.45, 7) is 3.05. The molecule has 4 amide bonds. The zero-order chi connectivity index (χ0) is 20.3. The summed E-state index contributed by atoms with van der Waals surface area (Å²) in [6, 6.07) is 2.58. The van der Waals surface area contributed by atoms with E-state index >= 15 is 0 Å². The number of amides is 4. The predicted molar refractivity (Wildman–Crippen MR) is 103 cm³/mol. The molecule has 0 spiro atoms. The van der Waals surface area contributed by atoms with Crippen LogP contribution in [0.1, 0.15) is 43.9 Å². The third-order valence-electron chi connectivity index (χ3n) is 5.22. The van der Waals surface area contributed by atoms with E-state index in [-0.39, 0.29) is 43.1 Å². The number of rotatable bonds is 8. The van der Waals surface area contributed by atoms with Crippen LogP contribution in [-0.4, -0.2) is 68.8 Å². The van der Waals surface area contributed by atoms with Crippen molar-refractivity contribution in [1.82, 2.24) is 14.7 Å². The number of likely N-dealkylation sites (tertiary alicyclic amines) is 1. The van der Waals surface area contributed by atoms with Gasteiger partial charge in [0.05, 0.1) is 12.6 Å². The van der Waals surface area contributed by atoms with Crippen molar-refractivity contribution in [3.05, 3.63) is 22.4 Å². The molecule has 152 valence electrons. The predicted octanol–water partition coefficient (Wildman–Crippen LogP) is 2.15. The van der Waals surface area contributed by atoms with E-state index in [1.165, 1.54) is 4.90 Å². The van der Waals surface area contributed by atoms with Crippen molar-refractivity contribution in [2.24, 2.45) is 0 Å². The van der Waals surface area contributed by atoms with Gasteiger partial charge in [0.1, 0.15) is 6.04 Å². The Morgan fingerprint density at radius 1 is 1.29 bits per heavy atom. The topological polar surface area (TPSA) is 98.2 Å². The van der Waals surface area contributed by atoms with Gasteiger partial charge in [-0.05, 0) is 30.7 Å². The molecule has 2 atom stereocenters. The van der Waals surface area contributed by atoms with Gasteiger partial charge >= 0.3 is 12.0 Å². The van der Waals surface area contributed by atoms with E-state index in [9.17, 15) is 19.2 Å². The summed E-state index contributed by atoms with van der Waals surface area (Å²) >= 11 is 1.56. The van der Waals surface area contributed by atoms with Crippen LogP contribution in [0.2, 0.25) is 0 Å². The Hall–Kier alpha value is -2.42. The number of carboxylic acids is 1. The van der Waals surface area contributed by atoms with Crippen LogP contribution in [0, 0.1) is 0 Å². The minimum absolute atomic E-state index is 0.0768. The molecule has 2 fully saturated rings. The molecule has 2 saturated heterocycles. The molecule has 9 heteroatoms. The van der Waals surface area contributed by atoms with Gasteiger partial charge in [0.25, 0.3) is 5.91 Å². The third kappa shape index (κ3) is 4.04. The summed E-state index contributed by atoms with van der Waals surface area (Å²) in [7, 11) is 0. The molecule has 3 rings (SSSR count). The van der Waals surface area contributed by atoms with Gasteiger partial charge in [-0.3, -0.25) is 19.3 Å². The fourth-order valence-corrected chi connectivity index (χ4v) is 4.65. The molecular formula is C19H25N3O5S. The average Bonchev–Trinajstić information content (AvgIpc) is 3.31. The van der Waals surface area contributed by atoms with E-state index < -0.39 is 12.0 Å². The molecule has 8 nitrogen and oxygen atoms in total. The van der Waals surface area contributed by atoms with Crippen LogP contribution in [0.25, 0.3) is 0 Å². The second kappa shape index (κ2) is 8.72. The summed E-state index contributed by atoms with van der Waals surface area (Å²) in [5, 5.41) is 10.7. The number of nitrogens with zero attached hydrogens (tertiary/aromatic N) is 3. The van der Waals surface area contributed by atoms with Gasteiger partial charge < -0.3 is 14.9 Å². The van der Waals surface area contributed by atoms with Gasteiger partial charge in [-0.25, -0.2) is 4.79 Å². The molecule has 0 bridgehead atoms. The number of carbonyl (C=O) groups excluding carboxylic acids is 3. The summed E-state index contributed by atoms with van der Waals surface area (Å²) in [4.78, 5) is 54.9. The van der Waals surface area contributed by atoms with E-state index in [1.807, 2.05) is 24.4 Å². The number of carbonyl (C=O) groups is 4. The van der Waals surface area contributed by atoms with E-state index in [1.54, 1.807) is 21.1 Å². The van der Waals surface area contributed by atoms with Gasteiger partial charge in [-0.1, -0.05) is 13.0 Å². The monoisotopic (exact) mass is 407 g/mol. The number of fused-ring (bicyclic) bond motifs is 1. The molecule has 2 aliphatic heterocycles. The van der Waals surface area contributed by atoms with Crippen molar-refractivity contribution in [2.75, 3.05) is 13.1 Å². The standard InChI is InChI=1S/C19H25N3O5S/c1-2-9-21-18(26)17-14(22(19(21)27)12-13-5-4-11-28-13)8-10-20(17)15(23)6-3-7-16(24)25/h4-5,11,14,17H,2-3,6-10,12H2,1H3,(H,24,25). The number of aliphatic carboxylic acids is 1. The SMILES string of the molecule is CCCN1C(=O)C2C(CCN2C(=O)CCCC(=O)O)N(Cc2cccs2)C1=O. The summed E-state index contributed by atoms with van der Waals surface area (Å²) in [5.74, 6) is -1.48. The second-order valence-electron chi connectivity index (χ2n) is 7.11. The number of urea groups is 1. The van der Waals surface area contributed by atoms with Crippen molar-refractivity contribution in [1.29, 1.82) is 0 Å². The Labute approximate surface area is 167 Å². The van der Waals surface area contributed by atoms with Crippen LogP contribution >= 0.6 is 11.3 Å². The first-order chi connectivity index (χ1) is 13.4. The maximum Gasteiger partial charge on any atom is 0.327 e. The van der Waals surface area contributed by atoms with Crippen LogP contribution in [0.5, 0.6) is 0 Å². The number of hydrogen-bond acceptors (Lipinski definition) is 5. The average molecular weight is 407 g/mol. The molecule has 0 saturated carbocycles. The normalized spacial score (nSPS) is 22.0. The number of imide groups is 1. The first kappa shape index (κ1) is 20.3. The highest BCUT2D eigenvalue weighted by molar-refractivity contribution is 7.09. The van der Waals surface area contributed by atoms with Crippen LogP contribution in [0.4, 0.5) is 4.79 Å². The zero-order valence-corrected chi connectivity index (χ0v) is 16.7. The third-order valence-corrected chi connectivity index (χ3v) is 6.08. The Morgan fingerprint density at radius 3 is 2.71 bits per heavy atom.